The molecular formula is C21H20ClFN2O2S. The van der Waals surface area contributed by atoms with Crippen molar-refractivity contribution < 1.29 is 13.9 Å². The van der Waals surface area contributed by atoms with Gasteiger partial charge in [0.05, 0.1) is 12.3 Å². The van der Waals surface area contributed by atoms with Gasteiger partial charge in [-0.1, -0.05) is 11.6 Å². The van der Waals surface area contributed by atoms with Gasteiger partial charge in [0.15, 0.2) is 5.13 Å². The van der Waals surface area contributed by atoms with Crippen molar-refractivity contribution >= 4 is 34.0 Å². The predicted molar refractivity (Wildman–Crippen MR) is 112 cm³/mol. The third-order valence-electron chi connectivity index (χ3n) is 4.12. The first kappa shape index (κ1) is 20.3. The first-order valence-corrected chi connectivity index (χ1v) is 10.1. The lowest BCUT2D eigenvalue weighted by atomic mass is 10.1. The van der Waals surface area contributed by atoms with Crippen molar-refractivity contribution in [3.8, 4) is 17.0 Å². The highest BCUT2D eigenvalue weighted by Crippen LogP contribution is 2.26. The van der Waals surface area contributed by atoms with E-state index < -0.39 is 0 Å². The molecule has 1 heterocycles. The van der Waals surface area contributed by atoms with E-state index in [0.717, 1.165) is 27.5 Å². The topological polar surface area (TPSA) is 51.2 Å². The van der Waals surface area contributed by atoms with Crippen molar-refractivity contribution in [2.75, 3.05) is 11.9 Å². The number of anilines is 1. The molecule has 146 valence electrons. The minimum atomic E-state index is -0.293. The second-order valence-electron chi connectivity index (χ2n) is 6.42. The predicted octanol–water partition coefficient (Wildman–Crippen LogP) is 6.02. The molecule has 0 unspecified atom stereocenters. The molecule has 0 fully saturated rings. The van der Waals surface area contributed by atoms with Gasteiger partial charge in [-0.25, -0.2) is 9.37 Å². The Balaban J connectivity index is 1.45. The van der Waals surface area contributed by atoms with Crippen LogP contribution in [0.25, 0.3) is 11.3 Å². The van der Waals surface area contributed by atoms with E-state index in [4.69, 9.17) is 16.3 Å². The molecular weight excluding hydrogens is 399 g/mol. The number of thiazole rings is 1. The molecule has 0 atom stereocenters. The normalized spacial score (nSPS) is 10.7. The van der Waals surface area contributed by atoms with E-state index >= 15 is 0 Å². The fourth-order valence-electron chi connectivity index (χ4n) is 2.68. The van der Waals surface area contributed by atoms with Crippen LogP contribution in [0.15, 0.2) is 41.8 Å². The number of ether oxygens (including phenoxy) is 1. The van der Waals surface area contributed by atoms with Crippen LogP contribution < -0.4 is 10.1 Å². The zero-order chi connectivity index (χ0) is 20.1. The molecule has 3 aromatic rings. The van der Waals surface area contributed by atoms with Gasteiger partial charge in [-0.3, -0.25) is 4.79 Å². The van der Waals surface area contributed by atoms with Gasteiger partial charge in [0, 0.05) is 22.4 Å². The first-order chi connectivity index (χ1) is 13.4. The van der Waals surface area contributed by atoms with Gasteiger partial charge in [-0.2, -0.15) is 0 Å². The van der Waals surface area contributed by atoms with Crippen LogP contribution in [0, 0.1) is 19.7 Å². The van der Waals surface area contributed by atoms with E-state index in [1.165, 1.54) is 23.5 Å². The maximum absolute atomic E-state index is 13.0. The van der Waals surface area contributed by atoms with E-state index in [0.29, 0.717) is 30.3 Å². The largest absolute Gasteiger partial charge is 0.494 e. The number of amides is 1. The van der Waals surface area contributed by atoms with Gasteiger partial charge in [-0.15, -0.1) is 11.3 Å². The Labute approximate surface area is 172 Å². The molecule has 0 spiro atoms. The summed E-state index contributed by atoms with van der Waals surface area (Å²) < 4.78 is 18.7. The molecule has 1 amide bonds. The Hall–Kier alpha value is -2.44. The van der Waals surface area contributed by atoms with Gasteiger partial charge >= 0.3 is 0 Å². The summed E-state index contributed by atoms with van der Waals surface area (Å²) in [5, 5.41) is 5.89. The number of aromatic nitrogens is 1. The van der Waals surface area contributed by atoms with E-state index in [9.17, 15) is 9.18 Å². The number of rotatable bonds is 7. The van der Waals surface area contributed by atoms with Crippen molar-refractivity contribution in [3.05, 3.63) is 63.7 Å². The molecule has 0 aliphatic carbocycles. The van der Waals surface area contributed by atoms with Crippen molar-refractivity contribution in [1.29, 1.82) is 0 Å². The number of hydrogen-bond acceptors (Lipinski definition) is 4. The first-order valence-electron chi connectivity index (χ1n) is 8.83. The zero-order valence-electron chi connectivity index (χ0n) is 15.6. The molecule has 1 N–H and O–H groups in total. The van der Waals surface area contributed by atoms with Crippen molar-refractivity contribution in [3.63, 3.8) is 0 Å². The van der Waals surface area contributed by atoms with Crippen molar-refractivity contribution in [1.82, 2.24) is 4.98 Å². The Kier molecular flexibility index (Phi) is 6.65. The average Bonchev–Trinajstić information content (AvgIpc) is 3.12. The smallest absolute Gasteiger partial charge is 0.226 e. The van der Waals surface area contributed by atoms with E-state index in [1.54, 1.807) is 12.1 Å². The van der Waals surface area contributed by atoms with E-state index in [1.807, 2.05) is 31.4 Å². The lowest BCUT2D eigenvalue weighted by Crippen LogP contribution is -2.12. The molecule has 0 saturated carbocycles. The van der Waals surface area contributed by atoms with Crippen LogP contribution in [0.3, 0.4) is 0 Å². The Bertz CT molecular complexity index is 950. The number of halogens is 2. The van der Waals surface area contributed by atoms with Crippen LogP contribution in [0.1, 0.15) is 24.0 Å². The maximum atomic E-state index is 13.0. The van der Waals surface area contributed by atoms with Crippen molar-refractivity contribution in [2.24, 2.45) is 0 Å². The Morgan fingerprint density at radius 3 is 2.57 bits per heavy atom. The van der Waals surface area contributed by atoms with Crippen LogP contribution >= 0.6 is 22.9 Å². The molecule has 1 aromatic heterocycles. The van der Waals surface area contributed by atoms with Crippen LogP contribution in [-0.4, -0.2) is 17.5 Å². The number of carbonyl (C=O) groups is 1. The number of aryl methyl sites for hydroxylation is 2. The molecule has 28 heavy (non-hydrogen) atoms. The molecule has 0 bridgehead atoms. The molecule has 2 aromatic carbocycles. The summed E-state index contributed by atoms with van der Waals surface area (Å²) in [5.41, 5.74) is 3.45. The minimum absolute atomic E-state index is 0.118. The minimum Gasteiger partial charge on any atom is -0.494 e. The summed E-state index contributed by atoms with van der Waals surface area (Å²) >= 11 is 7.48. The van der Waals surface area contributed by atoms with Crippen molar-refractivity contribution in [2.45, 2.75) is 26.7 Å². The molecule has 0 saturated heterocycles. The standard InChI is InChI=1S/C21H20ClFN2O2S/c1-13-10-17(11-14(2)20(13)22)27-9-3-4-19(26)25-21-24-18(12-28-21)15-5-7-16(23)8-6-15/h5-8,10-12H,3-4,9H2,1-2H3,(H,24,25,26). The van der Waals surface area contributed by atoms with Crippen LogP contribution in [0.2, 0.25) is 5.02 Å². The molecule has 0 aliphatic heterocycles. The highest BCUT2D eigenvalue weighted by molar-refractivity contribution is 7.14. The highest BCUT2D eigenvalue weighted by atomic mass is 35.5. The Morgan fingerprint density at radius 1 is 1.21 bits per heavy atom. The number of hydrogen-bond donors (Lipinski definition) is 1. The third-order valence-corrected chi connectivity index (χ3v) is 5.47. The molecule has 3 rings (SSSR count). The zero-order valence-corrected chi connectivity index (χ0v) is 17.2. The third kappa shape index (κ3) is 5.30. The van der Waals surface area contributed by atoms with Gasteiger partial charge < -0.3 is 10.1 Å². The van der Waals surface area contributed by atoms with Gasteiger partial charge in [-0.05, 0) is 67.8 Å². The monoisotopic (exact) mass is 418 g/mol. The molecule has 0 radical (unpaired) electrons. The quantitative estimate of drug-likeness (QED) is 0.477. The second-order valence-corrected chi connectivity index (χ2v) is 7.65. The van der Waals surface area contributed by atoms with Crippen LogP contribution in [-0.2, 0) is 4.79 Å². The number of carbonyl (C=O) groups excluding carboxylic acids is 1. The lowest BCUT2D eigenvalue weighted by molar-refractivity contribution is -0.116. The van der Waals surface area contributed by atoms with Gasteiger partial charge in [0.1, 0.15) is 11.6 Å². The average molecular weight is 419 g/mol. The highest BCUT2D eigenvalue weighted by Gasteiger charge is 2.09. The molecule has 4 nitrogen and oxygen atoms in total. The SMILES string of the molecule is Cc1cc(OCCCC(=O)Nc2nc(-c3ccc(F)cc3)cs2)cc(C)c1Cl. The second kappa shape index (κ2) is 9.17. The summed E-state index contributed by atoms with van der Waals surface area (Å²) in [6.45, 7) is 4.31. The Morgan fingerprint density at radius 2 is 1.89 bits per heavy atom. The summed E-state index contributed by atoms with van der Waals surface area (Å²) in [7, 11) is 0. The van der Waals surface area contributed by atoms with Crippen LogP contribution in [0.4, 0.5) is 9.52 Å². The molecule has 7 heteroatoms. The summed E-state index contributed by atoms with van der Waals surface area (Å²) in [5.74, 6) is 0.342. The van der Waals surface area contributed by atoms with Crippen LogP contribution in [0.5, 0.6) is 5.75 Å². The number of benzene rings is 2. The lowest BCUT2D eigenvalue weighted by Gasteiger charge is -2.09. The van der Waals surface area contributed by atoms with E-state index in [2.05, 4.69) is 10.3 Å². The van der Waals surface area contributed by atoms with Gasteiger partial charge in [0.2, 0.25) is 5.91 Å². The summed E-state index contributed by atoms with van der Waals surface area (Å²) in [4.78, 5) is 16.5. The number of nitrogens with zero attached hydrogens (tertiary/aromatic N) is 1. The van der Waals surface area contributed by atoms with Gasteiger partial charge in [0.25, 0.3) is 0 Å². The fourth-order valence-corrected chi connectivity index (χ4v) is 3.52. The summed E-state index contributed by atoms with van der Waals surface area (Å²) in [6.07, 6.45) is 0.916. The van der Waals surface area contributed by atoms with E-state index in [-0.39, 0.29) is 11.7 Å². The summed E-state index contributed by atoms with van der Waals surface area (Å²) in [6, 6.07) is 9.87. The fraction of sp³-hybridized carbons (Fsp3) is 0.238. The maximum Gasteiger partial charge on any atom is 0.226 e. The number of nitrogens with one attached hydrogen (secondary N) is 1. The molecule has 0 aliphatic rings.